The fraction of sp³-hybridized carbons (Fsp3) is 0.158. The Morgan fingerprint density at radius 3 is 2.18 bits per heavy atom. The second-order valence-corrected chi connectivity index (χ2v) is 8.35. The van der Waals surface area contributed by atoms with Crippen LogP contribution in [0.25, 0.3) is 22.4 Å². The minimum atomic E-state index is -3.81. The van der Waals surface area contributed by atoms with E-state index in [0.29, 0.717) is 27.4 Å². The van der Waals surface area contributed by atoms with E-state index < -0.39 is 16.0 Å². The smallest absolute Gasteiger partial charge is 0.357 e. The number of aromatic amines is 1. The number of hydrogen-bond acceptors (Lipinski definition) is 5. The first-order valence-electron chi connectivity index (χ1n) is 8.35. The van der Waals surface area contributed by atoms with Crippen LogP contribution in [0.5, 0.6) is 0 Å². The third-order valence-corrected chi connectivity index (χ3v) is 5.08. The predicted molar refractivity (Wildman–Crippen MR) is 106 cm³/mol. The lowest BCUT2D eigenvalue weighted by molar-refractivity contribution is 0.0372. The number of nitrogens with two attached hydrogens (primary N) is 1. The van der Waals surface area contributed by atoms with Crippen LogP contribution >= 0.6 is 11.6 Å². The highest BCUT2D eigenvalue weighted by atomic mass is 35.5. The van der Waals surface area contributed by atoms with Crippen molar-refractivity contribution in [3.05, 3.63) is 59.2 Å². The van der Waals surface area contributed by atoms with Crippen LogP contribution in [0.15, 0.2) is 53.4 Å². The van der Waals surface area contributed by atoms with E-state index >= 15 is 0 Å². The summed E-state index contributed by atoms with van der Waals surface area (Å²) in [4.78, 5) is 12.5. The molecule has 0 amide bonds. The summed E-state index contributed by atoms with van der Waals surface area (Å²) >= 11 is 5.98. The molecule has 0 unspecified atom stereocenters. The number of benzene rings is 2. The Morgan fingerprint density at radius 1 is 1.07 bits per heavy atom. The van der Waals surface area contributed by atoms with Crippen molar-refractivity contribution in [2.24, 2.45) is 5.14 Å². The molecule has 3 N–H and O–H groups in total. The molecule has 0 saturated heterocycles. The van der Waals surface area contributed by atoms with E-state index in [2.05, 4.69) is 10.2 Å². The van der Waals surface area contributed by atoms with Gasteiger partial charge in [0.2, 0.25) is 10.0 Å². The molecule has 9 heteroatoms. The van der Waals surface area contributed by atoms with Crippen molar-refractivity contribution in [2.45, 2.75) is 24.8 Å². The van der Waals surface area contributed by atoms with Crippen molar-refractivity contribution in [3.63, 3.8) is 0 Å². The minimum Gasteiger partial charge on any atom is -0.458 e. The van der Waals surface area contributed by atoms with E-state index in [1.807, 2.05) is 0 Å². The molecule has 0 aliphatic carbocycles. The van der Waals surface area contributed by atoms with E-state index in [-0.39, 0.29) is 16.7 Å². The summed E-state index contributed by atoms with van der Waals surface area (Å²) in [5, 5.41) is 12.7. The number of halogens is 1. The standard InChI is InChI=1S/C19H18ClN3O4S/c1-11(2)27-19(24)18-16(12-3-7-14(20)8-4-12)17(22-23-18)13-5-9-15(10-6-13)28(21,25)26/h3-11H,1-2H3,(H,22,23)(H2,21,25,26). The van der Waals surface area contributed by atoms with Crippen LogP contribution in [0, 0.1) is 0 Å². The molecule has 1 aromatic heterocycles. The number of ether oxygens (including phenoxy) is 1. The van der Waals surface area contributed by atoms with Crippen LogP contribution < -0.4 is 5.14 Å². The number of H-pyrrole nitrogens is 1. The molecule has 146 valence electrons. The van der Waals surface area contributed by atoms with Gasteiger partial charge < -0.3 is 4.74 Å². The van der Waals surface area contributed by atoms with Crippen molar-refractivity contribution in [3.8, 4) is 22.4 Å². The van der Waals surface area contributed by atoms with Gasteiger partial charge in [0.15, 0.2) is 5.69 Å². The Kier molecular flexibility index (Phi) is 5.55. The van der Waals surface area contributed by atoms with Gasteiger partial charge in [0.05, 0.1) is 11.0 Å². The SMILES string of the molecule is CC(C)OC(=O)c1[nH]nc(-c2ccc(S(N)(=O)=O)cc2)c1-c1ccc(Cl)cc1. The van der Waals surface area contributed by atoms with Gasteiger partial charge in [0.25, 0.3) is 0 Å². The largest absolute Gasteiger partial charge is 0.458 e. The van der Waals surface area contributed by atoms with Crippen LogP contribution in [0.3, 0.4) is 0 Å². The number of hydrogen-bond donors (Lipinski definition) is 2. The van der Waals surface area contributed by atoms with Crippen molar-refractivity contribution in [1.29, 1.82) is 0 Å². The molecule has 0 aliphatic heterocycles. The lowest BCUT2D eigenvalue weighted by Gasteiger charge is -2.10. The van der Waals surface area contributed by atoms with Gasteiger partial charge in [-0.1, -0.05) is 35.9 Å². The molecule has 1 heterocycles. The highest BCUT2D eigenvalue weighted by Gasteiger charge is 2.23. The van der Waals surface area contributed by atoms with E-state index in [1.165, 1.54) is 12.1 Å². The van der Waals surface area contributed by atoms with Crippen LogP contribution in [-0.2, 0) is 14.8 Å². The molecule has 3 aromatic rings. The van der Waals surface area contributed by atoms with Crippen molar-refractivity contribution in [2.75, 3.05) is 0 Å². The molecule has 0 spiro atoms. The molecular formula is C19H18ClN3O4S. The number of carbonyl (C=O) groups is 1. The highest BCUT2D eigenvalue weighted by Crippen LogP contribution is 2.34. The number of nitrogens with zero attached hydrogens (tertiary/aromatic N) is 1. The molecule has 0 radical (unpaired) electrons. The monoisotopic (exact) mass is 419 g/mol. The normalized spacial score (nSPS) is 11.6. The lowest BCUT2D eigenvalue weighted by Crippen LogP contribution is -2.13. The topological polar surface area (TPSA) is 115 Å². The van der Waals surface area contributed by atoms with Gasteiger partial charge in [-0.05, 0) is 43.7 Å². The summed E-state index contributed by atoms with van der Waals surface area (Å²) in [6.45, 7) is 3.51. The zero-order valence-electron chi connectivity index (χ0n) is 15.1. The number of aromatic nitrogens is 2. The number of esters is 1. The Bertz CT molecular complexity index is 1110. The van der Waals surface area contributed by atoms with Crippen molar-refractivity contribution in [1.82, 2.24) is 10.2 Å². The van der Waals surface area contributed by atoms with Gasteiger partial charge in [-0.25, -0.2) is 18.4 Å². The molecule has 0 saturated carbocycles. The maximum atomic E-state index is 12.5. The second-order valence-electron chi connectivity index (χ2n) is 6.35. The second kappa shape index (κ2) is 7.75. The van der Waals surface area contributed by atoms with Gasteiger partial charge in [0.1, 0.15) is 5.69 Å². The number of rotatable bonds is 5. The van der Waals surface area contributed by atoms with Crippen LogP contribution in [0.4, 0.5) is 0 Å². The number of nitrogens with one attached hydrogen (secondary N) is 1. The summed E-state index contributed by atoms with van der Waals surface area (Å²) in [6, 6.07) is 12.9. The first kappa shape index (κ1) is 20.1. The van der Waals surface area contributed by atoms with Crippen LogP contribution in [0.2, 0.25) is 5.02 Å². The maximum absolute atomic E-state index is 12.5. The summed E-state index contributed by atoms with van der Waals surface area (Å²) in [6.07, 6.45) is -0.300. The third kappa shape index (κ3) is 4.24. The zero-order chi connectivity index (χ0) is 20.5. The van der Waals surface area contributed by atoms with Crippen LogP contribution in [-0.4, -0.2) is 30.7 Å². The Labute approximate surface area is 167 Å². The number of sulfonamides is 1. The molecule has 0 aliphatic rings. The van der Waals surface area contributed by atoms with Crippen LogP contribution in [0.1, 0.15) is 24.3 Å². The molecule has 3 rings (SSSR count). The maximum Gasteiger partial charge on any atom is 0.357 e. The fourth-order valence-corrected chi connectivity index (χ4v) is 3.31. The molecular weight excluding hydrogens is 402 g/mol. The number of primary sulfonamides is 1. The minimum absolute atomic E-state index is 0.0146. The van der Waals surface area contributed by atoms with Gasteiger partial charge in [-0.3, -0.25) is 5.10 Å². The molecule has 28 heavy (non-hydrogen) atoms. The lowest BCUT2D eigenvalue weighted by atomic mass is 9.99. The summed E-state index contributed by atoms with van der Waals surface area (Å²) < 4.78 is 28.3. The molecule has 7 nitrogen and oxygen atoms in total. The molecule has 0 fully saturated rings. The first-order chi connectivity index (χ1) is 13.2. The Balaban J connectivity index is 2.14. The average molecular weight is 420 g/mol. The highest BCUT2D eigenvalue weighted by molar-refractivity contribution is 7.89. The van der Waals surface area contributed by atoms with E-state index in [0.717, 1.165) is 0 Å². The van der Waals surface area contributed by atoms with Gasteiger partial charge in [-0.15, -0.1) is 0 Å². The summed E-state index contributed by atoms with van der Waals surface area (Å²) in [5.41, 5.74) is 2.52. The summed E-state index contributed by atoms with van der Waals surface area (Å²) in [5.74, 6) is -0.542. The Hall–Kier alpha value is -2.68. The zero-order valence-corrected chi connectivity index (χ0v) is 16.7. The Morgan fingerprint density at radius 2 is 1.64 bits per heavy atom. The van der Waals surface area contributed by atoms with E-state index in [4.69, 9.17) is 21.5 Å². The predicted octanol–water partition coefficient (Wildman–Crippen LogP) is 3.61. The number of carbonyl (C=O) groups excluding carboxylic acids is 1. The van der Waals surface area contributed by atoms with Gasteiger partial charge in [-0.2, -0.15) is 5.10 Å². The summed E-state index contributed by atoms with van der Waals surface area (Å²) in [7, 11) is -3.81. The van der Waals surface area contributed by atoms with Gasteiger partial charge >= 0.3 is 5.97 Å². The molecule has 0 bridgehead atoms. The average Bonchev–Trinajstić information content (AvgIpc) is 3.06. The van der Waals surface area contributed by atoms with E-state index in [1.54, 1.807) is 50.2 Å². The fourth-order valence-electron chi connectivity index (χ4n) is 2.67. The quantitative estimate of drug-likeness (QED) is 0.613. The van der Waals surface area contributed by atoms with Crippen molar-refractivity contribution < 1.29 is 17.9 Å². The van der Waals surface area contributed by atoms with Gasteiger partial charge in [0, 0.05) is 16.1 Å². The molecule has 2 aromatic carbocycles. The third-order valence-electron chi connectivity index (χ3n) is 3.90. The van der Waals surface area contributed by atoms with E-state index in [9.17, 15) is 13.2 Å². The van der Waals surface area contributed by atoms with Crippen molar-refractivity contribution >= 4 is 27.6 Å². The first-order valence-corrected chi connectivity index (χ1v) is 10.3. The molecule has 0 atom stereocenters.